The van der Waals surface area contributed by atoms with E-state index in [1.54, 1.807) is 0 Å². The normalized spacial score (nSPS) is 12.1. The molecule has 0 bridgehead atoms. The zero-order valence-electron chi connectivity index (χ0n) is 32.2. The second-order valence-corrected chi connectivity index (χ2v) is 14.3. The zero-order valence-corrected chi connectivity index (χ0v) is 32.2. The number of hydrogen-bond donors (Lipinski definition) is 1. The average Bonchev–Trinajstić information content (AvgIpc) is 3.06. The minimum atomic E-state index is 0.0173. The average molecular weight is 666 g/mol. The van der Waals surface area contributed by atoms with Crippen molar-refractivity contribution < 1.29 is 19.4 Å². The van der Waals surface area contributed by atoms with Gasteiger partial charge in [0.1, 0.15) is 6.10 Å². The van der Waals surface area contributed by atoms with Crippen molar-refractivity contribution in [1.82, 2.24) is 4.90 Å². The number of esters is 1. The van der Waals surface area contributed by atoms with Gasteiger partial charge in [-0.05, 0) is 70.9 Å². The fraction of sp³-hybridized carbons (Fsp3) is 0.929. The minimum absolute atomic E-state index is 0.0173. The second-order valence-electron chi connectivity index (χ2n) is 14.3. The molecular formula is C42H83NO4. The van der Waals surface area contributed by atoms with Gasteiger partial charge in [0, 0.05) is 19.4 Å². The lowest BCUT2D eigenvalue weighted by atomic mass is 10.0. The van der Waals surface area contributed by atoms with Gasteiger partial charge in [-0.1, -0.05) is 149 Å². The van der Waals surface area contributed by atoms with Gasteiger partial charge in [-0.25, -0.2) is 0 Å². The molecular weight excluding hydrogens is 582 g/mol. The van der Waals surface area contributed by atoms with Crippen LogP contribution in [0.5, 0.6) is 0 Å². The van der Waals surface area contributed by atoms with Crippen LogP contribution in [-0.2, 0) is 14.3 Å². The molecule has 0 aromatic carbocycles. The molecule has 1 N–H and O–H groups in total. The van der Waals surface area contributed by atoms with Crippen molar-refractivity contribution in [2.45, 2.75) is 219 Å². The van der Waals surface area contributed by atoms with E-state index in [1.807, 2.05) is 0 Å². The van der Waals surface area contributed by atoms with Crippen LogP contribution in [0, 0.1) is 0 Å². The van der Waals surface area contributed by atoms with Crippen molar-refractivity contribution in [3.05, 3.63) is 12.3 Å². The van der Waals surface area contributed by atoms with Crippen LogP contribution in [0.1, 0.15) is 213 Å². The second kappa shape index (κ2) is 37.7. The molecule has 5 nitrogen and oxygen atoms in total. The van der Waals surface area contributed by atoms with E-state index < -0.39 is 0 Å². The first-order chi connectivity index (χ1) is 23.1. The number of carbonyl (C=O) groups excluding carboxylic acids is 1. The molecule has 0 radical (unpaired) electrons. The first-order valence-corrected chi connectivity index (χ1v) is 20.9. The summed E-state index contributed by atoms with van der Waals surface area (Å²) in [5.74, 6) is 0.985. The molecule has 0 saturated carbocycles. The van der Waals surface area contributed by atoms with E-state index in [2.05, 4.69) is 32.3 Å². The molecule has 0 heterocycles. The van der Waals surface area contributed by atoms with E-state index in [1.165, 1.54) is 148 Å². The molecule has 0 rings (SSSR count). The number of carbonyl (C=O) groups is 1. The first kappa shape index (κ1) is 45.9. The number of ether oxygens (including phenoxy) is 2. The summed E-state index contributed by atoms with van der Waals surface area (Å²) in [6.07, 6.45) is 36.0. The van der Waals surface area contributed by atoms with Gasteiger partial charge in [-0.15, -0.1) is 0 Å². The molecule has 47 heavy (non-hydrogen) atoms. The summed E-state index contributed by atoms with van der Waals surface area (Å²) in [6.45, 7) is 14.9. The number of hydrogen-bond acceptors (Lipinski definition) is 5. The van der Waals surface area contributed by atoms with Crippen LogP contribution in [0.3, 0.4) is 0 Å². The lowest BCUT2D eigenvalue weighted by Crippen LogP contribution is -2.29. The summed E-state index contributed by atoms with van der Waals surface area (Å²) in [7, 11) is 0. The lowest BCUT2D eigenvalue weighted by molar-refractivity contribution is -0.150. The van der Waals surface area contributed by atoms with Crippen LogP contribution in [-0.4, -0.2) is 54.9 Å². The molecule has 0 aliphatic carbocycles. The van der Waals surface area contributed by atoms with Crippen molar-refractivity contribution >= 4 is 5.97 Å². The van der Waals surface area contributed by atoms with Gasteiger partial charge in [0.05, 0.1) is 19.0 Å². The number of rotatable bonds is 39. The Kier molecular flexibility index (Phi) is 36.9. The monoisotopic (exact) mass is 666 g/mol. The predicted molar refractivity (Wildman–Crippen MR) is 204 cm³/mol. The van der Waals surface area contributed by atoms with Crippen molar-refractivity contribution in [2.24, 2.45) is 0 Å². The Morgan fingerprint density at radius 1 is 0.553 bits per heavy atom. The van der Waals surface area contributed by atoms with Gasteiger partial charge in [-0.2, -0.15) is 0 Å². The highest BCUT2D eigenvalue weighted by atomic mass is 16.5. The molecule has 0 aromatic heterocycles. The number of unbranched alkanes of at least 4 members (excludes halogenated alkanes) is 21. The number of allylic oxidation sites excluding steroid dienone is 1. The summed E-state index contributed by atoms with van der Waals surface area (Å²) in [5.41, 5.74) is 0. The van der Waals surface area contributed by atoms with Gasteiger partial charge >= 0.3 is 5.97 Å². The molecule has 1 atom stereocenters. The third kappa shape index (κ3) is 34.6. The first-order valence-electron chi connectivity index (χ1n) is 20.9. The topological polar surface area (TPSA) is 59.0 Å². The maximum Gasteiger partial charge on any atom is 0.306 e. The summed E-state index contributed by atoms with van der Waals surface area (Å²) in [5, 5.41) is 9.53. The third-order valence-electron chi connectivity index (χ3n) is 9.56. The van der Waals surface area contributed by atoms with Crippen LogP contribution < -0.4 is 0 Å². The van der Waals surface area contributed by atoms with Crippen molar-refractivity contribution in [1.29, 1.82) is 0 Å². The molecule has 0 saturated heterocycles. The van der Waals surface area contributed by atoms with E-state index in [0.29, 0.717) is 6.42 Å². The van der Waals surface area contributed by atoms with Crippen LogP contribution in [0.4, 0.5) is 0 Å². The van der Waals surface area contributed by atoms with E-state index >= 15 is 0 Å². The Balaban J connectivity index is 3.84. The lowest BCUT2D eigenvalue weighted by Gasteiger charge is -2.21. The van der Waals surface area contributed by atoms with Crippen LogP contribution >= 0.6 is 0 Å². The highest BCUT2D eigenvalue weighted by Crippen LogP contribution is 2.18. The van der Waals surface area contributed by atoms with Crippen LogP contribution in [0.2, 0.25) is 0 Å². The standard InChI is InChI=1S/C42H83NO4/c1-5-8-11-13-15-23-30-39-46-40(4)31-25-18-16-21-28-35-43(37-38-44)36-29-22-17-20-27-34-42(45)47-41(32-24-10-7-3)33-26-19-14-12-9-6-2/h41,44H,4-39H2,1-3H3. The van der Waals surface area contributed by atoms with Crippen molar-refractivity contribution in [3.63, 3.8) is 0 Å². The maximum atomic E-state index is 12.6. The SMILES string of the molecule is C=C(CCCCCCCN(CCO)CCCCCCCC(=O)OC(CCCCC)CCCCCCCC)OCCCCCCCCC. The highest BCUT2D eigenvalue weighted by molar-refractivity contribution is 5.69. The number of aliphatic hydroxyl groups is 1. The Hall–Kier alpha value is -1.07. The summed E-state index contributed by atoms with van der Waals surface area (Å²) in [4.78, 5) is 15.0. The fourth-order valence-electron chi connectivity index (χ4n) is 6.43. The van der Waals surface area contributed by atoms with Gasteiger partial charge in [0.2, 0.25) is 0 Å². The van der Waals surface area contributed by atoms with Crippen molar-refractivity contribution in [3.8, 4) is 0 Å². The summed E-state index contributed by atoms with van der Waals surface area (Å²) < 4.78 is 11.8. The van der Waals surface area contributed by atoms with Gasteiger partial charge in [-0.3, -0.25) is 4.79 Å². The Morgan fingerprint density at radius 2 is 0.979 bits per heavy atom. The molecule has 5 heteroatoms. The van der Waals surface area contributed by atoms with Gasteiger partial charge in [0.25, 0.3) is 0 Å². The molecule has 1 unspecified atom stereocenters. The Morgan fingerprint density at radius 3 is 1.53 bits per heavy atom. The summed E-state index contributed by atoms with van der Waals surface area (Å²) in [6, 6.07) is 0. The van der Waals surface area contributed by atoms with E-state index in [4.69, 9.17) is 9.47 Å². The molecule has 0 fully saturated rings. The molecule has 0 amide bonds. The molecule has 0 aliphatic rings. The summed E-state index contributed by atoms with van der Waals surface area (Å²) >= 11 is 0. The highest BCUT2D eigenvalue weighted by Gasteiger charge is 2.14. The molecule has 0 aromatic rings. The van der Waals surface area contributed by atoms with Crippen LogP contribution in [0.25, 0.3) is 0 Å². The minimum Gasteiger partial charge on any atom is -0.499 e. The van der Waals surface area contributed by atoms with Crippen LogP contribution in [0.15, 0.2) is 12.3 Å². The van der Waals surface area contributed by atoms with Gasteiger partial charge < -0.3 is 19.5 Å². The Bertz CT molecular complexity index is 655. The zero-order chi connectivity index (χ0) is 34.5. The predicted octanol–water partition coefficient (Wildman–Crippen LogP) is 12.5. The van der Waals surface area contributed by atoms with Gasteiger partial charge in [0.15, 0.2) is 0 Å². The van der Waals surface area contributed by atoms with Crippen molar-refractivity contribution in [2.75, 3.05) is 32.8 Å². The smallest absolute Gasteiger partial charge is 0.306 e. The fourth-order valence-corrected chi connectivity index (χ4v) is 6.43. The quantitative estimate of drug-likeness (QED) is 0.0402. The van der Waals surface area contributed by atoms with E-state index in [9.17, 15) is 9.90 Å². The molecule has 280 valence electrons. The molecule has 0 spiro atoms. The van der Waals surface area contributed by atoms with E-state index in [-0.39, 0.29) is 18.7 Å². The molecule has 0 aliphatic heterocycles. The maximum absolute atomic E-state index is 12.6. The Labute approximate surface area is 294 Å². The third-order valence-corrected chi connectivity index (χ3v) is 9.56. The van der Waals surface area contributed by atoms with E-state index in [0.717, 1.165) is 70.5 Å². The number of aliphatic hydroxyl groups excluding tert-OH is 1. The number of nitrogens with zero attached hydrogens (tertiary/aromatic N) is 1. The largest absolute Gasteiger partial charge is 0.499 e.